The summed E-state index contributed by atoms with van der Waals surface area (Å²) in [5.41, 5.74) is 4.49. The van der Waals surface area contributed by atoms with Crippen molar-refractivity contribution in [3.8, 4) is 22.6 Å². The number of aromatic nitrogens is 1. The summed E-state index contributed by atoms with van der Waals surface area (Å²) < 4.78 is 28.1. The first-order valence-electron chi connectivity index (χ1n) is 14.2. The third-order valence-electron chi connectivity index (χ3n) is 6.97. The van der Waals surface area contributed by atoms with Gasteiger partial charge in [0.2, 0.25) is 0 Å². The van der Waals surface area contributed by atoms with Crippen molar-refractivity contribution in [2.75, 3.05) is 6.61 Å². The molecule has 238 valence electrons. The van der Waals surface area contributed by atoms with Gasteiger partial charge in [-0.25, -0.2) is 4.79 Å². The molecule has 3 aromatic carbocycles. The fourth-order valence-corrected chi connectivity index (χ4v) is 5.34. The Labute approximate surface area is 278 Å². The van der Waals surface area contributed by atoms with Crippen LogP contribution in [0.3, 0.4) is 0 Å². The highest BCUT2D eigenvalue weighted by Crippen LogP contribution is 2.36. The molecule has 0 saturated heterocycles. The molecule has 12 heteroatoms. The molecule has 0 aliphatic rings. The summed E-state index contributed by atoms with van der Waals surface area (Å²) in [5.74, 6) is -0.501. The van der Waals surface area contributed by atoms with E-state index in [-0.39, 0.29) is 37.9 Å². The number of esters is 1. The number of aliphatic hydroxyl groups is 1. The monoisotopic (exact) mass is 708 g/mol. The Kier molecular flexibility index (Phi) is 11.3. The van der Waals surface area contributed by atoms with Gasteiger partial charge in [0.1, 0.15) is 30.8 Å². The van der Waals surface area contributed by atoms with Gasteiger partial charge in [-0.1, -0.05) is 66.2 Å². The van der Waals surface area contributed by atoms with Crippen molar-refractivity contribution < 1.29 is 32.9 Å². The molecule has 0 bridgehead atoms. The van der Waals surface area contributed by atoms with Crippen molar-refractivity contribution in [1.82, 2.24) is 10.3 Å². The van der Waals surface area contributed by atoms with E-state index in [0.717, 1.165) is 26.7 Å². The van der Waals surface area contributed by atoms with E-state index in [0.29, 0.717) is 22.1 Å². The number of benzene rings is 3. The third-order valence-corrected chi connectivity index (χ3v) is 8.20. The smallest absolute Gasteiger partial charge is 0.488 e. The number of pyridine rings is 1. The average Bonchev–Trinajstić information content (AvgIpc) is 3.40. The maximum absolute atomic E-state index is 12.7. The number of carbonyl (C=O) groups is 1. The number of nitrogens with zero attached hydrogens (tertiary/aromatic N) is 1. The highest BCUT2D eigenvalue weighted by molar-refractivity contribution is 9.10. The van der Waals surface area contributed by atoms with Crippen molar-refractivity contribution in [2.45, 2.75) is 39.3 Å². The first-order chi connectivity index (χ1) is 22.3. The number of aryl methyl sites for hydroxylation is 1. The molecule has 1 atom stereocenters. The number of hydrogen-bond acceptors (Lipinski definition) is 10. The maximum atomic E-state index is 12.7. The van der Waals surface area contributed by atoms with Crippen molar-refractivity contribution in [3.63, 3.8) is 0 Å². The van der Waals surface area contributed by atoms with Gasteiger partial charge in [0.25, 0.3) is 0 Å². The molecule has 10 nitrogen and oxygen atoms in total. The Balaban J connectivity index is 1.31. The second-order valence-corrected chi connectivity index (χ2v) is 11.3. The fraction of sp³-hybridized carbons (Fsp3) is 0.206. The zero-order valence-corrected chi connectivity index (χ0v) is 27.0. The van der Waals surface area contributed by atoms with Crippen LogP contribution in [-0.4, -0.2) is 28.7 Å². The Bertz CT molecular complexity index is 1830. The number of nitrogens with one attached hydrogen (secondary N) is 1. The van der Waals surface area contributed by atoms with Crippen LogP contribution in [-0.2, 0) is 35.9 Å². The van der Waals surface area contributed by atoms with Gasteiger partial charge in [-0.15, -0.1) is 0 Å². The quantitative estimate of drug-likeness (QED) is 0.125. The molecule has 5 rings (SSSR count). The number of aliphatic hydroxyl groups excluding tert-OH is 1. The molecule has 0 radical (unpaired) electrons. The predicted molar refractivity (Wildman–Crippen MR) is 173 cm³/mol. The van der Waals surface area contributed by atoms with Gasteiger partial charge in [0, 0.05) is 46.2 Å². The van der Waals surface area contributed by atoms with E-state index in [4.69, 9.17) is 34.6 Å². The molecule has 0 unspecified atom stereocenters. The van der Waals surface area contributed by atoms with E-state index in [2.05, 4.69) is 26.2 Å². The third kappa shape index (κ3) is 8.43. The molecule has 0 fully saturated rings. The Morgan fingerprint density at radius 2 is 1.78 bits per heavy atom. The second-order valence-electron chi connectivity index (χ2n) is 10.1. The summed E-state index contributed by atoms with van der Waals surface area (Å²) in [6.07, 6.45) is 3.37. The van der Waals surface area contributed by atoms with Crippen LogP contribution in [0.15, 0.2) is 103 Å². The Hall–Kier alpha value is -4.42. The van der Waals surface area contributed by atoms with Crippen molar-refractivity contribution in [1.29, 1.82) is 0 Å². The van der Waals surface area contributed by atoms with Crippen LogP contribution in [0.2, 0.25) is 5.02 Å². The van der Waals surface area contributed by atoms with Gasteiger partial charge < -0.3 is 28.2 Å². The van der Waals surface area contributed by atoms with Crippen molar-refractivity contribution in [3.05, 3.63) is 134 Å². The minimum atomic E-state index is -1.09. The van der Waals surface area contributed by atoms with Gasteiger partial charge in [-0.3, -0.25) is 15.1 Å². The average molecular weight is 710 g/mol. The van der Waals surface area contributed by atoms with E-state index < -0.39 is 24.4 Å². The molecular weight excluding hydrogens is 680 g/mol. The molecule has 46 heavy (non-hydrogen) atoms. The zero-order valence-electron chi connectivity index (χ0n) is 24.7. The largest absolute Gasteiger partial charge is 0.519 e. The summed E-state index contributed by atoms with van der Waals surface area (Å²) >= 11 is 10.4. The Morgan fingerprint density at radius 3 is 2.50 bits per heavy atom. The van der Waals surface area contributed by atoms with E-state index in [1.807, 2.05) is 60.7 Å². The maximum Gasteiger partial charge on any atom is 0.519 e. The summed E-state index contributed by atoms with van der Waals surface area (Å²) in [4.78, 5) is 28.1. The van der Waals surface area contributed by atoms with Gasteiger partial charge in [0.05, 0.1) is 11.6 Å². The normalized spacial score (nSPS) is 11.7. The number of ether oxygens (including phenoxy) is 3. The minimum Gasteiger partial charge on any atom is -0.488 e. The van der Waals surface area contributed by atoms with Gasteiger partial charge in [-0.05, 0) is 46.1 Å². The minimum absolute atomic E-state index is 0.0855. The SMILES string of the molecule is Cc1oc(=O)oc1COC(=O)[C@H](CO)NCc1cc(Cl)c(OCc2cccc(-c3ccccc3)c2Br)cc1OCc1cccnc1. The number of halogens is 2. The molecule has 0 spiro atoms. The lowest BCUT2D eigenvalue weighted by Gasteiger charge is -2.19. The van der Waals surface area contributed by atoms with Crippen molar-refractivity contribution in [2.24, 2.45) is 0 Å². The van der Waals surface area contributed by atoms with Crippen molar-refractivity contribution >= 4 is 33.5 Å². The topological polar surface area (TPSA) is 133 Å². The first-order valence-corrected chi connectivity index (χ1v) is 15.4. The highest BCUT2D eigenvalue weighted by atomic mass is 79.9. The standard InChI is InChI=1S/C34H30BrClN2O8/c1-21-31(46-34(41)45-21)20-44-33(40)28(17-39)38-16-25-13-27(36)30(14-29(25)42-18-22-7-6-12-37-15-22)43-19-24-10-5-11-26(32(24)35)23-8-3-2-4-9-23/h2-15,28,38-39H,16-20H2,1H3/t28-/m0/s1. The van der Waals surface area contributed by atoms with Gasteiger partial charge in [0.15, 0.2) is 18.1 Å². The van der Waals surface area contributed by atoms with E-state index >= 15 is 0 Å². The van der Waals surface area contributed by atoms with Crippen LogP contribution < -0.4 is 20.6 Å². The zero-order chi connectivity index (χ0) is 32.5. The Morgan fingerprint density at radius 1 is 0.978 bits per heavy atom. The van der Waals surface area contributed by atoms with Crippen LogP contribution in [0.1, 0.15) is 28.2 Å². The predicted octanol–water partition coefficient (Wildman–Crippen LogP) is 6.37. The van der Waals surface area contributed by atoms with Crippen LogP contribution in [0.25, 0.3) is 11.1 Å². The van der Waals surface area contributed by atoms with Crippen LogP contribution in [0.4, 0.5) is 0 Å². The lowest BCUT2D eigenvalue weighted by molar-refractivity contribution is -0.149. The van der Waals surface area contributed by atoms with Crippen LogP contribution in [0, 0.1) is 6.92 Å². The fourth-order valence-electron chi connectivity index (χ4n) is 4.49. The molecule has 2 N–H and O–H groups in total. The lowest BCUT2D eigenvalue weighted by atomic mass is 10.0. The summed E-state index contributed by atoms with van der Waals surface area (Å²) in [5, 5.41) is 13.2. The molecule has 2 heterocycles. The molecule has 5 aromatic rings. The number of rotatable bonds is 14. The first kappa shape index (κ1) is 33.0. The highest BCUT2D eigenvalue weighted by Gasteiger charge is 2.22. The lowest BCUT2D eigenvalue weighted by Crippen LogP contribution is -2.40. The number of carbonyl (C=O) groups excluding carboxylic acids is 1. The van der Waals surface area contributed by atoms with Crippen LogP contribution >= 0.6 is 27.5 Å². The molecule has 2 aromatic heterocycles. The van der Waals surface area contributed by atoms with E-state index in [9.17, 15) is 14.7 Å². The molecule has 0 amide bonds. The molecule has 0 aliphatic carbocycles. The van der Waals surface area contributed by atoms with E-state index in [1.165, 1.54) is 6.92 Å². The molecule has 0 saturated carbocycles. The van der Waals surface area contributed by atoms with Crippen LogP contribution in [0.5, 0.6) is 11.5 Å². The van der Waals surface area contributed by atoms with Gasteiger partial charge >= 0.3 is 11.8 Å². The van der Waals surface area contributed by atoms with E-state index in [1.54, 1.807) is 24.5 Å². The molecule has 0 aliphatic heterocycles. The summed E-state index contributed by atoms with van der Waals surface area (Å²) in [7, 11) is 0. The van der Waals surface area contributed by atoms with Gasteiger partial charge in [-0.2, -0.15) is 0 Å². The number of hydrogen-bond donors (Lipinski definition) is 2. The summed E-state index contributed by atoms with van der Waals surface area (Å²) in [6.45, 7) is 1.18. The molecular formula is C34H30BrClN2O8. The second kappa shape index (κ2) is 15.7. The summed E-state index contributed by atoms with van der Waals surface area (Å²) in [6, 6.07) is 22.0.